The third-order valence-electron chi connectivity index (χ3n) is 3.83. The maximum absolute atomic E-state index is 4.71. The normalized spacial score (nSPS) is 18.6. The summed E-state index contributed by atoms with van der Waals surface area (Å²) in [5.74, 6) is 0. The molecule has 114 valence electrons. The molecule has 1 aliphatic rings. The number of thiazole rings is 1. The van der Waals surface area contributed by atoms with Gasteiger partial charge in [-0.3, -0.25) is 9.80 Å². The zero-order chi connectivity index (χ0) is 14.6. The van der Waals surface area contributed by atoms with Gasteiger partial charge in [-0.15, -0.1) is 11.3 Å². The Bertz CT molecular complexity index is 402. The molecule has 0 amide bonds. The fourth-order valence-corrected chi connectivity index (χ4v) is 3.30. The quantitative estimate of drug-likeness (QED) is 0.902. The lowest BCUT2D eigenvalue weighted by atomic mass is 10.1. The summed E-state index contributed by atoms with van der Waals surface area (Å²) in [4.78, 5) is 9.80. The smallest absolute Gasteiger partial charge is 0.107 e. The first-order valence-corrected chi connectivity index (χ1v) is 8.48. The van der Waals surface area contributed by atoms with Crippen LogP contribution in [0.2, 0.25) is 0 Å². The van der Waals surface area contributed by atoms with E-state index in [9.17, 15) is 0 Å². The Morgan fingerprint density at radius 3 is 2.55 bits per heavy atom. The molecule has 1 saturated heterocycles. The van der Waals surface area contributed by atoms with Crippen LogP contribution in [0.5, 0.6) is 0 Å². The van der Waals surface area contributed by atoms with Crippen molar-refractivity contribution in [3.63, 3.8) is 0 Å². The Kier molecular flexibility index (Phi) is 5.55. The molecule has 1 N–H and O–H groups in total. The van der Waals surface area contributed by atoms with Crippen molar-refractivity contribution >= 4 is 11.3 Å². The highest BCUT2D eigenvalue weighted by Gasteiger charge is 2.25. The van der Waals surface area contributed by atoms with E-state index >= 15 is 0 Å². The van der Waals surface area contributed by atoms with Crippen LogP contribution in [-0.2, 0) is 13.1 Å². The Hall–Kier alpha value is -0.490. The highest BCUT2D eigenvalue weighted by atomic mass is 32.1. The molecule has 0 unspecified atom stereocenters. The number of hydrogen-bond acceptors (Lipinski definition) is 5. The Morgan fingerprint density at radius 2 is 1.95 bits per heavy atom. The lowest BCUT2D eigenvalue weighted by Gasteiger charge is -2.42. The highest BCUT2D eigenvalue weighted by molar-refractivity contribution is 7.09. The van der Waals surface area contributed by atoms with Gasteiger partial charge >= 0.3 is 0 Å². The Morgan fingerprint density at radius 1 is 1.25 bits per heavy atom. The van der Waals surface area contributed by atoms with Gasteiger partial charge in [-0.25, -0.2) is 4.98 Å². The number of aromatic nitrogens is 1. The maximum atomic E-state index is 4.71. The van der Waals surface area contributed by atoms with Crippen LogP contribution in [0, 0.1) is 0 Å². The zero-order valence-corrected chi connectivity index (χ0v) is 14.1. The summed E-state index contributed by atoms with van der Waals surface area (Å²) in [5.41, 5.74) is 1.53. The van der Waals surface area contributed by atoms with Gasteiger partial charge in [0.05, 0.1) is 5.69 Å². The summed E-state index contributed by atoms with van der Waals surface area (Å²) in [6, 6.07) is 0. The van der Waals surface area contributed by atoms with E-state index in [4.69, 9.17) is 4.98 Å². The fraction of sp³-hybridized carbons (Fsp3) is 0.800. The fourth-order valence-electron chi connectivity index (χ4n) is 2.54. The molecule has 1 aliphatic heterocycles. The molecule has 0 radical (unpaired) electrons. The van der Waals surface area contributed by atoms with Gasteiger partial charge in [-0.2, -0.15) is 0 Å². The van der Waals surface area contributed by atoms with E-state index in [0.717, 1.165) is 45.8 Å². The third kappa shape index (κ3) is 4.52. The van der Waals surface area contributed by atoms with Gasteiger partial charge in [0.1, 0.15) is 5.01 Å². The van der Waals surface area contributed by atoms with Gasteiger partial charge < -0.3 is 5.32 Å². The summed E-state index contributed by atoms with van der Waals surface area (Å²) in [6.45, 7) is 16.6. The molecule has 0 saturated carbocycles. The molecule has 1 aromatic heterocycles. The SMILES string of the molecule is CCNCc1nc(CN2CCN(C(C)(C)C)CC2)cs1. The van der Waals surface area contributed by atoms with Crippen molar-refractivity contribution < 1.29 is 0 Å². The molecular weight excluding hydrogens is 268 g/mol. The van der Waals surface area contributed by atoms with Crippen molar-refractivity contribution in [3.05, 3.63) is 16.1 Å². The Labute approximate surface area is 127 Å². The molecule has 2 rings (SSSR count). The first kappa shape index (κ1) is 15.9. The summed E-state index contributed by atoms with van der Waals surface area (Å²) in [5, 5.41) is 6.75. The number of piperazine rings is 1. The number of rotatable bonds is 5. The average molecular weight is 296 g/mol. The minimum atomic E-state index is 0.297. The summed E-state index contributed by atoms with van der Waals surface area (Å²) < 4.78 is 0. The van der Waals surface area contributed by atoms with Crippen LogP contribution < -0.4 is 5.32 Å². The van der Waals surface area contributed by atoms with Crippen molar-refractivity contribution in [3.8, 4) is 0 Å². The van der Waals surface area contributed by atoms with Crippen LogP contribution in [0.4, 0.5) is 0 Å². The van der Waals surface area contributed by atoms with Crippen LogP contribution >= 0.6 is 11.3 Å². The summed E-state index contributed by atoms with van der Waals surface area (Å²) in [6.07, 6.45) is 0. The van der Waals surface area contributed by atoms with Gasteiger partial charge in [0.2, 0.25) is 0 Å². The molecule has 2 heterocycles. The molecule has 20 heavy (non-hydrogen) atoms. The van der Waals surface area contributed by atoms with Crippen molar-refractivity contribution in [1.82, 2.24) is 20.1 Å². The number of nitrogens with zero attached hydrogens (tertiary/aromatic N) is 3. The summed E-state index contributed by atoms with van der Waals surface area (Å²) >= 11 is 1.77. The van der Waals surface area contributed by atoms with Gasteiger partial charge in [0, 0.05) is 50.2 Å². The number of hydrogen-bond donors (Lipinski definition) is 1. The van der Waals surface area contributed by atoms with E-state index in [-0.39, 0.29) is 0 Å². The second-order valence-corrected chi connectivity index (χ2v) is 7.39. The van der Waals surface area contributed by atoms with Crippen LogP contribution in [0.3, 0.4) is 0 Å². The lowest BCUT2D eigenvalue weighted by Crippen LogP contribution is -2.53. The van der Waals surface area contributed by atoms with Crippen LogP contribution in [0.25, 0.3) is 0 Å². The standard InChI is InChI=1S/C15H28N4S/c1-5-16-10-14-17-13(12-20-14)11-18-6-8-19(9-7-18)15(2,3)4/h12,16H,5-11H2,1-4H3. The van der Waals surface area contributed by atoms with E-state index in [0.29, 0.717) is 5.54 Å². The molecule has 0 spiro atoms. The molecular formula is C15H28N4S. The van der Waals surface area contributed by atoms with Crippen molar-refractivity contribution in [2.45, 2.75) is 46.3 Å². The van der Waals surface area contributed by atoms with E-state index in [1.54, 1.807) is 11.3 Å². The topological polar surface area (TPSA) is 31.4 Å². The molecule has 4 nitrogen and oxygen atoms in total. The van der Waals surface area contributed by atoms with Gasteiger partial charge in [-0.1, -0.05) is 6.92 Å². The molecule has 0 aromatic carbocycles. The first-order chi connectivity index (χ1) is 9.49. The average Bonchev–Trinajstić information content (AvgIpc) is 2.83. The predicted molar refractivity (Wildman–Crippen MR) is 86.1 cm³/mol. The van der Waals surface area contributed by atoms with Crippen LogP contribution in [-0.4, -0.2) is 53.0 Å². The highest BCUT2D eigenvalue weighted by Crippen LogP contribution is 2.18. The zero-order valence-electron chi connectivity index (χ0n) is 13.3. The monoisotopic (exact) mass is 296 g/mol. The molecule has 5 heteroatoms. The van der Waals surface area contributed by atoms with Crippen LogP contribution in [0.1, 0.15) is 38.4 Å². The minimum Gasteiger partial charge on any atom is -0.311 e. The van der Waals surface area contributed by atoms with Crippen LogP contribution in [0.15, 0.2) is 5.38 Å². The predicted octanol–water partition coefficient (Wildman–Crippen LogP) is 2.17. The second-order valence-electron chi connectivity index (χ2n) is 6.45. The molecule has 0 bridgehead atoms. The van der Waals surface area contributed by atoms with Gasteiger partial charge in [0.25, 0.3) is 0 Å². The van der Waals surface area contributed by atoms with E-state index in [2.05, 4.69) is 48.2 Å². The molecule has 1 aromatic rings. The Balaban J connectivity index is 1.79. The lowest BCUT2D eigenvalue weighted by molar-refractivity contribution is 0.0586. The van der Waals surface area contributed by atoms with Gasteiger partial charge in [0.15, 0.2) is 0 Å². The first-order valence-electron chi connectivity index (χ1n) is 7.60. The largest absolute Gasteiger partial charge is 0.311 e. The maximum Gasteiger partial charge on any atom is 0.107 e. The van der Waals surface area contributed by atoms with Crippen molar-refractivity contribution in [2.75, 3.05) is 32.7 Å². The summed E-state index contributed by atoms with van der Waals surface area (Å²) in [7, 11) is 0. The molecule has 1 fully saturated rings. The third-order valence-corrected chi connectivity index (χ3v) is 4.73. The van der Waals surface area contributed by atoms with Crippen molar-refractivity contribution in [1.29, 1.82) is 0 Å². The van der Waals surface area contributed by atoms with E-state index < -0.39 is 0 Å². The van der Waals surface area contributed by atoms with Crippen molar-refractivity contribution in [2.24, 2.45) is 0 Å². The van der Waals surface area contributed by atoms with E-state index in [1.165, 1.54) is 10.7 Å². The second kappa shape index (κ2) is 6.98. The molecule has 0 aliphatic carbocycles. The minimum absolute atomic E-state index is 0.297. The van der Waals surface area contributed by atoms with Gasteiger partial charge in [-0.05, 0) is 27.3 Å². The molecule has 0 atom stereocenters. The number of nitrogens with one attached hydrogen (secondary N) is 1. The van der Waals surface area contributed by atoms with E-state index in [1.807, 2.05) is 0 Å².